The largest absolute Gasteiger partial charge is 0.507 e. The van der Waals surface area contributed by atoms with Crippen LogP contribution in [0.1, 0.15) is 12.5 Å². The summed E-state index contributed by atoms with van der Waals surface area (Å²) in [7, 11) is 0. The Labute approximate surface area is 217 Å². The zero-order valence-corrected chi connectivity index (χ0v) is 21.1. The molecule has 208 valence electrons. The van der Waals surface area contributed by atoms with Gasteiger partial charge in [-0.05, 0) is 19.1 Å². The Kier molecular flexibility index (Phi) is 10.9. The van der Waals surface area contributed by atoms with Gasteiger partial charge in [-0.15, -0.1) is 11.8 Å². The van der Waals surface area contributed by atoms with Gasteiger partial charge in [0, 0.05) is 17.4 Å². The lowest BCUT2D eigenvalue weighted by molar-refractivity contribution is -0.302. The Bertz CT molecular complexity index is 931. The number of carbonyl (C=O) groups is 1. The summed E-state index contributed by atoms with van der Waals surface area (Å²) in [6.07, 6.45) is -6.62. The zero-order chi connectivity index (χ0) is 27.0. The molecule has 6 N–H and O–H groups in total. The molecule has 37 heavy (non-hydrogen) atoms. The smallest absolute Gasteiger partial charge is 0.332 e. The Morgan fingerprint density at radius 2 is 1.76 bits per heavy atom. The minimum atomic E-state index is -1.50. The van der Waals surface area contributed by atoms with Crippen LogP contribution in [0.15, 0.2) is 23.2 Å². The van der Waals surface area contributed by atoms with Gasteiger partial charge in [0.25, 0.3) is 0 Å². The van der Waals surface area contributed by atoms with E-state index in [0.717, 1.165) is 0 Å². The summed E-state index contributed by atoms with van der Waals surface area (Å²) >= 11 is 1.28. The summed E-state index contributed by atoms with van der Waals surface area (Å²) in [6.45, 7) is 2.26. The van der Waals surface area contributed by atoms with E-state index in [1.807, 2.05) is 0 Å². The van der Waals surface area contributed by atoms with Crippen molar-refractivity contribution in [1.29, 1.82) is 0 Å². The third kappa shape index (κ3) is 7.75. The van der Waals surface area contributed by atoms with Gasteiger partial charge in [0.05, 0.1) is 39.6 Å². The van der Waals surface area contributed by atoms with E-state index in [4.69, 9.17) is 28.8 Å². The Hall–Kier alpha value is -2.01. The second kappa shape index (κ2) is 13.7. The first-order valence-electron chi connectivity index (χ1n) is 11.7. The van der Waals surface area contributed by atoms with Crippen molar-refractivity contribution in [3.05, 3.63) is 23.8 Å². The highest BCUT2D eigenvalue weighted by Crippen LogP contribution is 2.35. The second-order valence-electron chi connectivity index (χ2n) is 8.60. The standard InChI is InChI=1S/C23H33NO12S/c1-23(22(30)31)12-37-20(24-23)14-3-2-13(10-15(14)26)34-8-6-32-4-5-33-7-9-35-21-19(29)18(28)17(27)16(11-25)36-21/h2-3,10,16-19,21,25-29H,4-9,11-12H2,1H3,(H,30,31)/t16?,17-,18?,19?,21-,23-/m1/s1. The number of hydrogen-bond donors (Lipinski definition) is 6. The number of rotatable bonds is 14. The number of nitrogens with zero attached hydrogens (tertiary/aromatic N) is 1. The number of phenols is 1. The summed E-state index contributed by atoms with van der Waals surface area (Å²) < 4.78 is 26.9. The number of ether oxygens (including phenoxy) is 5. The number of thioether (sulfide) groups is 1. The van der Waals surface area contributed by atoms with Crippen LogP contribution in [-0.2, 0) is 23.7 Å². The van der Waals surface area contributed by atoms with Crippen molar-refractivity contribution < 1.29 is 59.1 Å². The molecule has 3 unspecified atom stereocenters. The van der Waals surface area contributed by atoms with E-state index in [1.54, 1.807) is 12.1 Å². The number of aliphatic imine (C=N–C) groups is 1. The molecule has 1 aromatic carbocycles. The van der Waals surface area contributed by atoms with Gasteiger partial charge in [0.1, 0.15) is 47.6 Å². The second-order valence-corrected chi connectivity index (χ2v) is 9.57. The topological polar surface area (TPSA) is 197 Å². The molecule has 13 nitrogen and oxygen atoms in total. The number of carboxylic acids is 1. The van der Waals surface area contributed by atoms with Crippen molar-refractivity contribution in [3.63, 3.8) is 0 Å². The molecule has 1 aromatic rings. The van der Waals surface area contributed by atoms with Crippen LogP contribution in [0.4, 0.5) is 0 Å². The number of benzene rings is 1. The zero-order valence-electron chi connectivity index (χ0n) is 20.3. The van der Waals surface area contributed by atoms with Crippen molar-refractivity contribution in [1.82, 2.24) is 0 Å². The molecule has 2 heterocycles. The van der Waals surface area contributed by atoms with Gasteiger partial charge in [0.2, 0.25) is 0 Å². The number of hydrogen-bond acceptors (Lipinski definition) is 13. The van der Waals surface area contributed by atoms with Crippen LogP contribution in [0.5, 0.6) is 11.5 Å². The molecule has 6 atom stereocenters. The first kappa shape index (κ1) is 29.5. The average molecular weight is 548 g/mol. The van der Waals surface area contributed by atoms with Crippen LogP contribution < -0.4 is 4.74 Å². The molecular weight excluding hydrogens is 514 g/mol. The molecule has 0 radical (unpaired) electrons. The van der Waals surface area contributed by atoms with Gasteiger partial charge in [-0.25, -0.2) is 4.79 Å². The van der Waals surface area contributed by atoms with Crippen molar-refractivity contribution >= 4 is 22.8 Å². The molecule has 14 heteroatoms. The third-order valence-corrected chi connectivity index (χ3v) is 7.02. The van der Waals surface area contributed by atoms with E-state index in [-0.39, 0.29) is 45.4 Å². The molecule has 3 rings (SSSR count). The lowest BCUT2D eigenvalue weighted by Crippen LogP contribution is -2.59. The van der Waals surface area contributed by atoms with Crippen molar-refractivity contribution in [2.24, 2.45) is 4.99 Å². The summed E-state index contributed by atoms with van der Waals surface area (Å²) in [5.41, 5.74) is -0.758. The van der Waals surface area contributed by atoms with Gasteiger partial charge in [0.15, 0.2) is 11.8 Å². The number of aliphatic hydroxyl groups is 4. The molecule has 0 saturated carbocycles. The first-order chi connectivity index (χ1) is 17.7. The number of aliphatic hydroxyl groups excluding tert-OH is 4. The van der Waals surface area contributed by atoms with Crippen LogP contribution in [0.3, 0.4) is 0 Å². The molecule has 2 aliphatic rings. The minimum Gasteiger partial charge on any atom is -0.507 e. The number of carboxylic acid groups (broad SMARTS) is 1. The van der Waals surface area contributed by atoms with Crippen LogP contribution in [0.2, 0.25) is 0 Å². The summed E-state index contributed by atoms with van der Waals surface area (Å²) in [4.78, 5) is 15.6. The molecule has 1 fully saturated rings. The van der Waals surface area contributed by atoms with Crippen LogP contribution in [-0.4, -0.2) is 130 Å². The Morgan fingerprint density at radius 3 is 2.38 bits per heavy atom. The molecule has 2 aliphatic heterocycles. The molecule has 0 amide bonds. The number of aromatic hydroxyl groups is 1. The minimum absolute atomic E-state index is 0.0474. The fourth-order valence-electron chi connectivity index (χ4n) is 3.50. The van der Waals surface area contributed by atoms with Gasteiger partial charge in [-0.3, -0.25) is 4.99 Å². The molecular formula is C23H33NO12S. The van der Waals surface area contributed by atoms with E-state index in [9.17, 15) is 30.3 Å². The van der Waals surface area contributed by atoms with Gasteiger partial charge in [-0.2, -0.15) is 0 Å². The number of aliphatic carboxylic acids is 1. The normalized spacial score (nSPS) is 29.8. The molecule has 0 spiro atoms. The average Bonchev–Trinajstić information content (AvgIpc) is 3.28. The summed E-state index contributed by atoms with van der Waals surface area (Å²) in [6, 6.07) is 4.73. The predicted octanol–water partition coefficient (Wildman–Crippen LogP) is -1.04. The van der Waals surface area contributed by atoms with Crippen LogP contribution >= 0.6 is 11.8 Å². The fraction of sp³-hybridized carbons (Fsp3) is 0.652. The van der Waals surface area contributed by atoms with E-state index in [0.29, 0.717) is 22.1 Å². The molecule has 0 aromatic heterocycles. The van der Waals surface area contributed by atoms with Crippen molar-refractivity contribution in [2.75, 3.05) is 52.0 Å². The Balaban J connectivity index is 1.26. The highest BCUT2D eigenvalue weighted by atomic mass is 32.2. The van der Waals surface area contributed by atoms with Crippen molar-refractivity contribution in [2.45, 2.75) is 43.2 Å². The SMILES string of the molecule is C[C@]1(C(=O)O)CSC(c2ccc(OCCOCCOCCO[C@@H]3OC(CO)[C@@H](O)C(O)C3O)cc2O)=N1. The van der Waals surface area contributed by atoms with Gasteiger partial charge >= 0.3 is 5.97 Å². The fourth-order valence-corrected chi connectivity index (χ4v) is 4.70. The summed E-state index contributed by atoms with van der Waals surface area (Å²) in [5.74, 6) is -0.349. The molecule has 1 saturated heterocycles. The number of phenolic OH excluding ortho intramolecular Hbond substituents is 1. The van der Waals surface area contributed by atoms with Gasteiger partial charge in [-0.1, -0.05) is 0 Å². The quantitative estimate of drug-likeness (QED) is 0.155. The maximum atomic E-state index is 11.3. The lowest BCUT2D eigenvalue weighted by atomic mass is 9.99. The monoisotopic (exact) mass is 547 g/mol. The Morgan fingerprint density at radius 1 is 1.08 bits per heavy atom. The van der Waals surface area contributed by atoms with Crippen molar-refractivity contribution in [3.8, 4) is 11.5 Å². The molecule has 0 bridgehead atoms. The molecule has 0 aliphatic carbocycles. The predicted molar refractivity (Wildman–Crippen MR) is 130 cm³/mol. The van der Waals surface area contributed by atoms with E-state index < -0.39 is 48.8 Å². The van der Waals surface area contributed by atoms with Crippen LogP contribution in [0, 0.1) is 0 Å². The van der Waals surface area contributed by atoms with Crippen LogP contribution in [0.25, 0.3) is 0 Å². The first-order valence-corrected chi connectivity index (χ1v) is 12.6. The maximum absolute atomic E-state index is 11.3. The van der Waals surface area contributed by atoms with E-state index >= 15 is 0 Å². The van der Waals surface area contributed by atoms with E-state index in [1.165, 1.54) is 24.8 Å². The van der Waals surface area contributed by atoms with Gasteiger partial charge < -0.3 is 54.3 Å². The summed E-state index contributed by atoms with van der Waals surface area (Å²) in [5, 5.41) is 58.6. The lowest BCUT2D eigenvalue weighted by Gasteiger charge is -2.39. The highest BCUT2D eigenvalue weighted by Gasteiger charge is 2.44. The van der Waals surface area contributed by atoms with E-state index in [2.05, 4.69) is 4.99 Å². The maximum Gasteiger partial charge on any atom is 0.332 e. The highest BCUT2D eigenvalue weighted by molar-refractivity contribution is 8.14. The third-order valence-electron chi connectivity index (χ3n) is 5.73.